The molecule has 5 N–H and O–H groups in total. The standard InChI is InChI=1S/C6H12O6/c7-1-3-4(9)5(10)6(11,2-8)12-3/h3-5,7-11H,1-2H2/t3-,4-,5+,6?/m1/s1/i6+1. The summed E-state index contributed by atoms with van der Waals surface area (Å²) in [6.07, 6.45) is -4.04. The summed E-state index contributed by atoms with van der Waals surface area (Å²) in [5, 5.41) is 44.7. The molecule has 0 saturated carbocycles. The van der Waals surface area contributed by atoms with Gasteiger partial charge in [-0.2, -0.15) is 0 Å². The molecule has 72 valence electrons. The molecule has 0 amide bonds. The average molecular weight is 181 g/mol. The molecular weight excluding hydrogens is 169 g/mol. The fraction of sp³-hybridized carbons (Fsp3) is 1.00. The molecular formula is C6H12O6. The van der Waals surface area contributed by atoms with Gasteiger partial charge in [0.2, 0.25) is 5.79 Å². The minimum Gasteiger partial charge on any atom is -0.394 e. The summed E-state index contributed by atoms with van der Waals surface area (Å²) in [5.41, 5.74) is 0. The zero-order valence-corrected chi connectivity index (χ0v) is 6.29. The van der Waals surface area contributed by atoms with E-state index in [2.05, 4.69) is 4.74 Å². The van der Waals surface area contributed by atoms with E-state index in [1.165, 1.54) is 0 Å². The monoisotopic (exact) mass is 181 g/mol. The van der Waals surface area contributed by atoms with Crippen molar-refractivity contribution in [2.45, 2.75) is 24.1 Å². The molecule has 12 heavy (non-hydrogen) atoms. The number of aliphatic hydroxyl groups excluding tert-OH is 4. The Balaban J connectivity index is 2.72. The van der Waals surface area contributed by atoms with Gasteiger partial charge in [-0.15, -0.1) is 0 Å². The molecule has 0 aromatic rings. The molecule has 1 rings (SSSR count). The maximum absolute atomic E-state index is 9.25. The van der Waals surface area contributed by atoms with E-state index in [0.717, 1.165) is 0 Å². The predicted molar refractivity (Wildman–Crippen MR) is 36.0 cm³/mol. The molecule has 1 heterocycles. The lowest BCUT2D eigenvalue weighted by molar-refractivity contribution is -0.248. The lowest BCUT2D eigenvalue weighted by Crippen LogP contribution is -2.46. The third-order valence-corrected chi connectivity index (χ3v) is 1.93. The third kappa shape index (κ3) is 1.33. The first-order valence-corrected chi connectivity index (χ1v) is 3.53. The van der Waals surface area contributed by atoms with Crippen molar-refractivity contribution in [1.82, 2.24) is 0 Å². The maximum Gasteiger partial charge on any atom is 0.219 e. The molecule has 1 fully saturated rings. The van der Waals surface area contributed by atoms with Crippen LogP contribution in [-0.4, -0.2) is 62.8 Å². The van der Waals surface area contributed by atoms with Crippen LogP contribution in [0.25, 0.3) is 0 Å². The van der Waals surface area contributed by atoms with E-state index in [9.17, 15) is 5.11 Å². The lowest BCUT2D eigenvalue weighted by atomic mass is 10.2. The minimum atomic E-state index is -2.16. The van der Waals surface area contributed by atoms with Crippen LogP contribution >= 0.6 is 0 Å². The smallest absolute Gasteiger partial charge is 0.219 e. The van der Waals surface area contributed by atoms with Crippen molar-refractivity contribution in [2.75, 3.05) is 13.2 Å². The van der Waals surface area contributed by atoms with Crippen molar-refractivity contribution in [2.24, 2.45) is 0 Å². The van der Waals surface area contributed by atoms with Crippen LogP contribution in [0.4, 0.5) is 0 Å². The van der Waals surface area contributed by atoms with E-state index in [-0.39, 0.29) is 0 Å². The summed E-state index contributed by atoms with van der Waals surface area (Å²) in [7, 11) is 0. The van der Waals surface area contributed by atoms with Gasteiger partial charge in [-0.25, -0.2) is 0 Å². The maximum atomic E-state index is 9.25. The van der Waals surface area contributed by atoms with E-state index >= 15 is 0 Å². The molecule has 6 heteroatoms. The molecule has 6 nitrogen and oxygen atoms in total. The lowest BCUT2D eigenvalue weighted by Gasteiger charge is -2.22. The van der Waals surface area contributed by atoms with Crippen LogP contribution in [0.5, 0.6) is 0 Å². The van der Waals surface area contributed by atoms with Gasteiger partial charge in [0, 0.05) is 0 Å². The van der Waals surface area contributed by atoms with Crippen LogP contribution in [-0.2, 0) is 4.74 Å². The van der Waals surface area contributed by atoms with Gasteiger partial charge in [0.25, 0.3) is 0 Å². The van der Waals surface area contributed by atoms with Crippen molar-refractivity contribution < 1.29 is 30.3 Å². The predicted octanol–water partition coefficient (Wildman–Crippen LogP) is -3.22. The second-order valence-corrected chi connectivity index (χ2v) is 2.78. The summed E-state index contributed by atoms with van der Waals surface area (Å²) in [5.74, 6) is -2.16. The molecule has 0 aromatic carbocycles. The summed E-state index contributed by atoms with van der Waals surface area (Å²) < 4.78 is 4.63. The van der Waals surface area contributed by atoms with E-state index < -0.39 is 37.3 Å². The van der Waals surface area contributed by atoms with Gasteiger partial charge in [-0.3, -0.25) is 0 Å². The summed E-state index contributed by atoms with van der Waals surface area (Å²) in [6.45, 7) is -1.36. The zero-order chi connectivity index (χ0) is 9.35. The van der Waals surface area contributed by atoms with Crippen LogP contribution in [0.1, 0.15) is 0 Å². The van der Waals surface area contributed by atoms with Gasteiger partial charge >= 0.3 is 0 Å². The highest BCUT2D eigenvalue weighted by Gasteiger charge is 2.52. The first kappa shape index (κ1) is 9.85. The molecule has 1 aliphatic heterocycles. The summed E-state index contributed by atoms with van der Waals surface area (Å²) >= 11 is 0. The largest absolute Gasteiger partial charge is 0.394 e. The first-order valence-electron chi connectivity index (χ1n) is 3.53. The molecule has 4 atom stereocenters. The average Bonchev–Trinajstić information content (AvgIpc) is 2.31. The van der Waals surface area contributed by atoms with Gasteiger partial charge < -0.3 is 30.3 Å². The first-order chi connectivity index (χ1) is 5.55. The Hall–Kier alpha value is -0.240. The number of ether oxygens (including phenoxy) is 1. The van der Waals surface area contributed by atoms with E-state index in [0.29, 0.717) is 0 Å². The topological polar surface area (TPSA) is 110 Å². The van der Waals surface area contributed by atoms with Crippen LogP contribution in [0, 0.1) is 0 Å². The van der Waals surface area contributed by atoms with E-state index in [1.54, 1.807) is 0 Å². The Bertz CT molecular complexity index is 162. The highest BCUT2D eigenvalue weighted by molar-refractivity contribution is 4.94. The molecule has 0 radical (unpaired) electrons. The van der Waals surface area contributed by atoms with Crippen molar-refractivity contribution >= 4 is 0 Å². The number of rotatable bonds is 2. The Morgan fingerprint density at radius 1 is 1.25 bits per heavy atom. The number of hydrogen-bond donors (Lipinski definition) is 5. The molecule has 0 aromatic heterocycles. The second kappa shape index (κ2) is 3.25. The van der Waals surface area contributed by atoms with Crippen LogP contribution in [0.2, 0.25) is 0 Å². The van der Waals surface area contributed by atoms with E-state index in [1.807, 2.05) is 0 Å². The normalized spacial score (nSPS) is 48.2. The van der Waals surface area contributed by atoms with Crippen molar-refractivity contribution in [3.05, 3.63) is 0 Å². The van der Waals surface area contributed by atoms with Crippen LogP contribution < -0.4 is 0 Å². The van der Waals surface area contributed by atoms with E-state index in [4.69, 9.17) is 20.4 Å². The highest BCUT2D eigenvalue weighted by Crippen LogP contribution is 2.28. The van der Waals surface area contributed by atoms with Crippen molar-refractivity contribution in [3.63, 3.8) is 0 Å². The molecule has 1 aliphatic rings. The third-order valence-electron chi connectivity index (χ3n) is 1.93. The Morgan fingerprint density at radius 3 is 2.08 bits per heavy atom. The molecule has 1 saturated heterocycles. The van der Waals surface area contributed by atoms with Gasteiger partial charge in [0.15, 0.2) is 0 Å². The quantitative estimate of drug-likeness (QED) is 0.287. The Labute approximate surface area is 68.6 Å². The SMILES string of the molecule is OC[C@H]1O[13C](O)(CO)[C@@H](O)[C@@H]1O. The molecule has 0 aliphatic carbocycles. The Kier molecular flexibility index (Phi) is 2.67. The van der Waals surface area contributed by atoms with Crippen LogP contribution in [0.15, 0.2) is 0 Å². The van der Waals surface area contributed by atoms with Gasteiger partial charge in [-0.05, 0) is 0 Å². The van der Waals surface area contributed by atoms with Gasteiger partial charge in [-0.1, -0.05) is 0 Å². The fourth-order valence-electron chi connectivity index (χ4n) is 1.15. The Morgan fingerprint density at radius 2 is 1.83 bits per heavy atom. The summed E-state index contributed by atoms with van der Waals surface area (Å²) in [6, 6.07) is 0. The molecule has 0 bridgehead atoms. The second-order valence-electron chi connectivity index (χ2n) is 2.78. The van der Waals surface area contributed by atoms with Gasteiger partial charge in [0.05, 0.1) is 13.2 Å². The zero-order valence-electron chi connectivity index (χ0n) is 6.29. The fourth-order valence-corrected chi connectivity index (χ4v) is 1.15. The van der Waals surface area contributed by atoms with Gasteiger partial charge in [0.1, 0.15) is 18.3 Å². The van der Waals surface area contributed by atoms with Crippen molar-refractivity contribution in [3.8, 4) is 0 Å². The van der Waals surface area contributed by atoms with Crippen molar-refractivity contribution in [1.29, 1.82) is 0 Å². The highest BCUT2D eigenvalue weighted by atomic mass is 16.8. The summed E-state index contributed by atoms with van der Waals surface area (Å²) in [4.78, 5) is 0. The molecule has 1 unspecified atom stereocenters. The van der Waals surface area contributed by atoms with Crippen LogP contribution in [0.3, 0.4) is 0 Å². The molecule has 0 spiro atoms. The number of hydrogen-bond acceptors (Lipinski definition) is 6. The number of aliphatic hydroxyl groups is 5. The minimum absolute atomic E-state index is 0.527.